The smallest absolute Gasteiger partial charge is 0.272 e. The highest BCUT2D eigenvalue weighted by Crippen LogP contribution is 2.28. The van der Waals surface area contributed by atoms with Gasteiger partial charge in [-0.15, -0.1) is 0 Å². The number of nitriles is 1. The molecular weight excluding hydrogens is 384 g/mol. The third kappa shape index (κ3) is 4.74. The van der Waals surface area contributed by atoms with Crippen molar-refractivity contribution in [2.75, 3.05) is 24.8 Å². The first-order valence-electron chi connectivity index (χ1n) is 9.22. The fraction of sp³-hybridized carbons (Fsp3) is 0.238. The summed E-state index contributed by atoms with van der Waals surface area (Å²) in [4.78, 5) is 16.2. The molecule has 0 aliphatic rings. The van der Waals surface area contributed by atoms with E-state index in [-0.39, 0.29) is 35.7 Å². The quantitative estimate of drug-likeness (QED) is 0.612. The Bertz CT molecular complexity index is 1080. The summed E-state index contributed by atoms with van der Waals surface area (Å²) in [7, 11) is 1.46. The highest BCUT2D eigenvalue weighted by molar-refractivity contribution is 5.80. The van der Waals surface area contributed by atoms with Crippen LogP contribution in [0.2, 0.25) is 0 Å². The molecule has 1 aromatic carbocycles. The zero-order valence-corrected chi connectivity index (χ0v) is 16.9. The number of nitrogens with zero attached hydrogens (tertiary/aromatic N) is 4. The molecule has 0 radical (unpaired) electrons. The lowest BCUT2D eigenvalue weighted by Crippen LogP contribution is -2.16. The van der Waals surface area contributed by atoms with Gasteiger partial charge >= 0.3 is 0 Å². The first-order valence-corrected chi connectivity index (χ1v) is 9.22. The van der Waals surface area contributed by atoms with Crippen LogP contribution in [0.4, 0.5) is 17.2 Å². The van der Waals surface area contributed by atoms with Crippen LogP contribution in [0.15, 0.2) is 42.7 Å². The number of pyridine rings is 1. The maximum absolute atomic E-state index is 11.8. The predicted molar refractivity (Wildman–Crippen MR) is 113 cm³/mol. The van der Waals surface area contributed by atoms with Crippen LogP contribution in [-0.2, 0) is 4.74 Å². The Kier molecular flexibility index (Phi) is 6.29. The first-order chi connectivity index (χ1) is 14.4. The average molecular weight is 406 g/mol. The number of hydrogen-bond acceptors (Lipinski definition) is 8. The number of carbonyl (C=O) groups excluding carboxylic acids is 1. The second-order valence-electron chi connectivity index (χ2n) is 6.76. The lowest BCUT2D eigenvalue weighted by atomic mass is 10.1. The van der Waals surface area contributed by atoms with Gasteiger partial charge in [0.25, 0.3) is 5.91 Å². The monoisotopic (exact) mass is 406 g/mol. The van der Waals surface area contributed by atoms with E-state index in [4.69, 9.17) is 15.2 Å². The third-order valence-electron chi connectivity index (χ3n) is 4.07. The topological polar surface area (TPSA) is 128 Å². The van der Waals surface area contributed by atoms with Crippen LogP contribution in [0.3, 0.4) is 0 Å². The Labute approximate surface area is 174 Å². The molecule has 0 aliphatic carbocycles. The Morgan fingerprint density at radius 2 is 2.03 bits per heavy atom. The third-order valence-corrected chi connectivity index (χ3v) is 4.07. The number of ether oxygens (including phenoxy) is 2. The van der Waals surface area contributed by atoms with Crippen molar-refractivity contribution >= 4 is 23.1 Å². The molecule has 0 amide bonds. The number of anilines is 3. The van der Waals surface area contributed by atoms with Gasteiger partial charge < -0.3 is 20.5 Å². The van der Waals surface area contributed by atoms with Gasteiger partial charge in [0.05, 0.1) is 18.0 Å². The van der Waals surface area contributed by atoms with Gasteiger partial charge in [-0.1, -0.05) is 12.1 Å². The highest BCUT2D eigenvalue weighted by atomic mass is 16.5. The molecule has 0 bridgehead atoms. The molecule has 2 heterocycles. The zero-order valence-electron chi connectivity index (χ0n) is 16.9. The summed E-state index contributed by atoms with van der Waals surface area (Å²) in [5.74, 6) is 0.415. The second kappa shape index (κ2) is 9.07. The highest BCUT2D eigenvalue weighted by Gasteiger charge is 2.14. The van der Waals surface area contributed by atoms with Crippen LogP contribution in [0, 0.1) is 11.3 Å². The number of nitrogens with two attached hydrogens (primary N) is 1. The number of aromatic nitrogens is 3. The van der Waals surface area contributed by atoms with E-state index in [1.807, 2.05) is 44.2 Å². The Morgan fingerprint density at radius 3 is 2.67 bits per heavy atom. The molecule has 3 rings (SSSR count). The Morgan fingerprint density at radius 1 is 1.30 bits per heavy atom. The van der Waals surface area contributed by atoms with Crippen LogP contribution in [0.1, 0.15) is 24.2 Å². The average Bonchev–Trinajstić information content (AvgIpc) is 3.18. The fourth-order valence-electron chi connectivity index (χ4n) is 2.72. The molecule has 0 atom stereocenters. The van der Waals surface area contributed by atoms with Crippen molar-refractivity contribution in [2.45, 2.75) is 20.0 Å². The summed E-state index contributed by atoms with van der Waals surface area (Å²) in [5.41, 5.74) is 8.96. The number of nitrogen functional groups attached to an aromatic ring is 1. The summed E-state index contributed by atoms with van der Waals surface area (Å²) < 4.78 is 11.7. The van der Waals surface area contributed by atoms with Gasteiger partial charge in [-0.2, -0.15) is 15.3 Å². The SMILES string of the molecule is COCC(=O)n1cc(-c2ccc(Nc3cc(N)c(C#N)c(OC(C)C)n3)cc2)cn1. The molecule has 0 saturated carbocycles. The minimum absolute atomic E-state index is 0.0345. The molecule has 3 N–H and O–H groups in total. The summed E-state index contributed by atoms with van der Waals surface area (Å²) in [6, 6.07) is 11.1. The van der Waals surface area contributed by atoms with Crippen molar-refractivity contribution in [3.8, 4) is 23.1 Å². The normalized spacial score (nSPS) is 10.6. The van der Waals surface area contributed by atoms with Gasteiger partial charge in [0.2, 0.25) is 5.88 Å². The number of rotatable bonds is 7. The zero-order chi connectivity index (χ0) is 21.7. The van der Waals surface area contributed by atoms with Crippen LogP contribution in [-0.4, -0.2) is 40.5 Å². The van der Waals surface area contributed by atoms with Crippen LogP contribution in [0.25, 0.3) is 11.1 Å². The molecule has 0 spiro atoms. The van der Waals surface area contributed by atoms with E-state index in [0.717, 1.165) is 16.8 Å². The number of hydrogen-bond donors (Lipinski definition) is 2. The van der Waals surface area contributed by atoms with Crippen molar-refractivity contribution in [2.24, 2.45) is 0 Å². The molecule has 0 unspecified atom stereocenters. The molecule has 0 fully saturated rings. The Balaban J connectivity index is 1.79. The van der Waals surface area contributed by atoms with Gasteiger partial charge in [-0.25, -0.2) is 4.68 Å². The molecule has 30 heavy (non-hydrogen) atoms. The van der Waals surface area contributed by atoms with E-state index in [2.05, 4.69) is 15.4 Å². The molecule has 154 valence electrons. The minimum Gasteiger partial charge on any atom is -0.474 e. The van der Waals surface area contributed by atoms with Gasteiger partial charge in [0.1, 0.15) is 24.1 Å². The summed E-state index contributed by atoms with van der Waals surface area (Å²) in [5, 5.41) is 16.5. The number of benzene rings is 1. The fourth-order valence-corrected chi connectivity index (χ4v) is 2.72. The van der Waals surface area contributed by atoms with Gasteiger partial charge in [-0.3, -0.25) is 4.79 Å². The van der Waals surface area contributed by atoms with E-state index in [9.17, 15) is 10.1 Å². The van der Waals surface area contributed by atoms with Crippen molar-refractivity contribution in [3.63, 3.8) is 0 Å². The number of nitrogens with one attached hydrogen (secondary N) is 1. The standard InChI is InChI=1S/C21H22N6O3/c1-13(2)30-21-17(9-22)18(23)8-19(26-21)25-16-6-4-14(5-7-16)15-10-24-27(11-15)20(28)12-29-3/h4-8,10-11,13H,12H2,1-3H3,(H3,23,25,26). The van der Waals surface area contributed by atoms with Crippen molar-refractivity contribution < 1.29 is 14.3 Å². The molecule has 9 heteroatoms. The van der Waals surface area contributed by atoms with E-state index < -0.39 is 0 Å². The van der Waals surface area contributed by atoms with Crippen LogP contribution < -0.4 is 15.8 Å². The van der Waals surface area contributed by atoms with Crippen LogP contribution in [0.5, 0.6) is 5.88 Å². The van der Waals surface area contributed by atoms with E-state index in [1.165, 1.54) is 11.8 Å². The maximum Gasteiger partial charge on any atom is 0.272 e. The largest absolute Gasteiger partial charge is 0.474 e. The van der Waals surface area contributed by atoms with Gasteiger partial charge in [0.15, 0.2) is 0 Å². The molecule has 0 saturated heterocycles. The summed E-state index contributed by atoms with van der Waals surface area (Å²) in [6.45, 7) is 3.67. The molecule has 0 aliphatic heterocycles. The lowest BCUT2D eigenvalue weighted by Gasteiger charge is -2.14. The second-order valence-corrected chi connectivity index (χ2v) is 6.76. The Hall–Kier alpha value is -3.90. The molecular formula is C21H22N6O3. The predicted octanol–water partition coefficient (Wildman–Crippen LogP) is 3.22. The van der Waals surface area contributed by atoms with E-state index in [1.54, 1.807) is 18.5 Å². The summed E-state index contributed by atoms with van der Waals surface area (Å²) in [6.07, 6.45) is 3.13. The lowest BCUT2D eigenvalue weighted by molar-refractivity contribution is 0.0745. The van der Waals surface area contributed by atoms with Gasteiger partial charge in [-0.05, 0) is 31.5 Å². The van der Waals surface area contributed by atoms with Crippen LogP contribution >= 0.6 is 0 Å². The number of carbonyl (C=O) groups is 1. The molecule has 9 nitrogen and oxygen atoms in total. The molecule has 3 aromatic rings. The van der Waals surface area contributed by atoms with Gasteiger partial charge in [0, 0.05) is 30.6 Å². The van der Waals surface area contributed by atoms with E-state index in [0.29, 0.717) is 5.82 Å². The van der Waals surface area contributed by atoms with E-state index >= 15 is 0 Å². The summed E-state index contributed by atoms with van der Waals surface area (Å²) >= 11 is 0. The van der Waals surface area contributed by atoms with Crippen molar-refractivity contribution in [3.05, 3.63) is 48.3 Å². The first kappa shape index (κ1) is 20.8. The maximum atomic E-state index is 11.8. The van der Waals surface area contributed by atoms with Crippen molar-refractivity contribution in [1.29, 1.82) is 5.26 Å². The molecule has 2 aromatic heterocycles. The van der Waals surface area contributed by atoms with Crippen molar-refractivity contribution in [1.82, 2.24) is 14.8 Å². The number of methoxy groups -OCH3 is 1. The minimum atomic E-state index is -0.245.